The van der Waals surface area contributed by atoms with Gasteiger partial charge in [-0.15, -0.1) is 11.3 Å². The molecule has 3 rings (SSSR count). The van der Waals surface area contributed by atoms with Gasteiger partial charge in [-0.05, 0) is 49.4 Å². The van der Waals surface area contributed by atoms with Crippen LogP contribution in [0.4, 0.5) is 5.69 Å². The molecule has 21 heavy (non-hydrogen) atoms. The Morgan fingerprint density at radius 1 is 1.19 bits per heavy atom. The molecule has 1 heterocycles. The lowest BCUT2D eigenvalue weighted by Gasteiger charge is -2.12. The zero-order valence-corrected chi connectivity index (χ0v) is 12.2. The molecule has 1 aliphatic carbocycles. The van der Waals surface area contributed by atoms with Crippen LogP contribution in [0.2, 0.25) is 0 Å². The third-order valence-electron chi connectivity index (χ3n) is 3.67. The molecule has 0 saturated carbocycles. The van der Waals surface area contributed by atoms with Gasteiger partial charge in [-0.2, -0.15) is 0 Å². The average molecular weight is 301 g/mol. The van der Waals surface area contributed by atoms with Crippen LogP contribution in [0.25, 0.3) is 0 Å². The summed E-state index contributed by atoms with van der Waals surface area (Å²) < 4.78 is 0. The van der Waals surface area contributed by atoms with Crippen LogP contribution in [0.15, 0.2) is 29.6 Å². The summed E-state index contributed by atoms with van der Waals surface area (Å²) in [5.74, 6) is -1.16. The quantitative estimate of drug-likeness (QED) is 0.910. The number of rotatable bonds is 3. The zero-order valence-electron chi connectivity index (χ0n) is 11.4. The highest BCUT2D eigenvalue weighted by molar-refractivity contribution is 7.10. The highest BCUT2D eigenvalue weighted by atomic mass is 32.1. The maximum absolute atomic E-state index is 12.4. The van der Waals surface area contributed by atoms with Crippen LogP contribution in [0.5, 0.6) is 0 Å². The number of aryl methyl sites for hydroxylation is 1. The number of anilines is 1. The van der Waals surface area contributed by atoms with Crippen molar-refractivity contribution in [3.8, 4) is 0 Å². The molecular weight excluding hydrogens is 286 g/mol. The molecule has 1 aliphatic rings. The minimum atomic E-state index is -1.00. The Hall–Kier alpha value is -2.14. The standard InChI is InChI=1S/C16H15NO3S/c18-15(13-9-21-14-7-2-1-6-12(13)14)17-11-5-3-4-10(8-11)16(19)20/h3-5,8-9H,1-2,6-7H2,(H,17,18)(H,19,20). The van der Waals surface area contributed by atoms with Crippen LogP contribution in [0.1, 0.15) is 44.0 Å². The monoisotopic (exact) mass is 301 g/mol. The number of carbonyl (C=O) groups excluding carboxylic acids is 1. The van der Waals surface area contributed by atoms with Gasteiger partial charge >= 0.3 is 5.97 Å². The molecule has 0 radical (unpaired) electrons. The molecule has 0 aliphatic heterocycles. The van der Waals surface area contributed by atoms with Gasteiger partial charge in [-0.3, -0.25) is 4.79 Å². The molecule has 0 spiro atoms. The van der Waals surface area contributed by atoms with E-state index in [4.69, 9.17) is 5.11 Å². The number of fused-ring (bicyclic) bond motifs is 1. The Kier molecular flexibility index (Phi) is 3.75. The highest BCUT2D eigenvalue weighted by Gasteiger charge is 2.20. The summed E-state index contributed by atoms with van der Waals surface area (Å²) in [6.45, 7) is 0. The van der Waals surface area contributed by atoms with E-state index in [2.05, 4.69) is 5.32 Å². The number of carbonyl (C=O) groups is 2. The first-order valence-electron chi connectivity index (χ1n) is 6.89. The minimum absolute atomic E-state index is 0.156. The van der Waals surface area contributed by atoms with Crippen LogP contribution in [-0.2, 0) is 12.8 Å². The fourth-order valence-electron chi connectivity index (χ4n) is 2.61. The molecule has 2 aromatic rings. The van der Waals surface area contributed by atoms with Crippen molar-refractivity contribution in [2.75, 3.05) is 5.32 Å². The van der Waals surface area contributed by atoms with E-state index in [1.165, 1.54) is 23.4 Å². The van der Waals surface area contributed by atoms with Gasteiger partial charge in [-0.1, -0.05) is 6.07 Å². The summed E-state index contributed by atoms with van der Waals surface area (Å²) in [5, 5.41) is 13.7. The summed E-state index contributed by atoms with van der Waals surface area (Å²) in [7, 11) is 0. The van der Waals surface area contributed by atoms with Gasteiger partial charge in [0.1, 0.15) is 0 Å². The van der Waals surface area contributed by atoms with Crippen molar-refractivity contribution in [3.63, 3.8) is 0 Å². The van der Waals surface area contributed by atoms with Crippen LogP contribution in [-0.4, -0.2) is 17.0 Å². The molecule has 4 nitrogen and oxygen atoms in total. The fourth-order valence-corrected chi connectivity index (χ4v) is 3.74. The van der Waals surface area contributed by atoms with Crippen molar-refractivity contribution < 1.29 is 14.7 Å². The van der Waals surface area contributed by atoms with Crippen molar-refractivity contribution in [2.24, 2.45) is 0 Å². The Labute approximate surface area is 126 Å². The summed E-state index contributed by atoms with van der Waals surface area (Å²) in [6.07, 6.45) is 4.33. The number of hydrogen-bond acceptors (Lipinski definition) is 3. The van der Waals surface area contributed by atoms with Crippen molar-refractivity contribution in [1.29, 1.82) is 0 Å². The van der Waals surface area contributed by atoms with Crippen LogP contribution < -0.4 is 5.32 Å². The number of aromatic carboxylic acids is 1. The van der Waals surface area contributed by atoms with E-state index in [1.54, 1.807) is 23.5 Å². The van der Waals surface area contributed by atoms with Crippen LogP contribution in [0, 0.1) is 0 Å². The fraction of sp³-hybridized carbons (Fsp3) is 0.250. The smallest absolute Gasteiger partial charge is 0.335 e. The van der Waals surface area contributed by atoms with E-state index in [1.807, 2.05) is 5.38 Å². The number of carboxylic acid groups (broad SMARTS) is 1. The molecule has 1 amide bonds. The maximum Gasteiger partial charge on any atom is 0.335 e. The molecule has 0 saturated heterocycles. The molecule has 2 N–H and O–H groups in total. The van der Waals surface area contributed by atoms with Gasteiger partial charge < -0.3 is 10.4 Å². The molecule has 0 atom stereocenters. The first kappa shape index (κ1) is 13.8. The second-order valence-corrected chi connectivity index (χ2v) is 6.06. The Balaban J connectivity index is 1.82. The Morgan fingerprint density at radius 2 is 2.00 bits per heavy atom. The summed E-state index contributed by atoms with van der Waals surface area (Å²) in [4.78, 5) is 24.6. The van der Waals surface area contributed by atoms with E-state index in [0.29, 0.717) is 5.69 Å². The average Bonchev–Trinajstić information content (AvgIpc) is 2.91. The summed E-state index contributed by atoms with van der Waals surface area (Å²) in [6, 6.07) is 6.30. The summed E-state index contributed by atoms with van der Waals surface area (Å²) in [5.41, 5.74) is 2.57. The van der Waals surface area contributed by atoms with Gasteiger partial charge in [0.15, 0.2) is 0 Å². The van der Waals surface area contributed by atoms with Gasteiger partial charge in [0, 0.05) is 15.9 Å². The lowest BCUT2D eigenvalue weighted by atomic mass is 9.95. The number of benzene rings is 1. The van der Waals surface area contributed by atoms with E-state index >= 15 is 0 Å². The molecule has 0 unspecified atom stereocenters. The molecule has 108 valence electrons. The Morgan fingerprint density at radius 3 is 2.81 bits per heavy atom. The third kappa shape index (κ3) is 2.83. The first-order chi connectivity index (χ1) is 10.1. The van der Waals surface area contributed by atoms with E-state index in [0.717, 1.165) is 30.4 Å². The number of nitrogens with one attached hydrogen (secondary N) is 1. The van der Waals surface area contributed by atoms with Gasteiger partial charge in [-0.25, -0.2) is 4.79 Å². The number of carboxylic acids is 1. The number of thiophene rings is 1. The molecule has 1 aromatic heterocycles. The SMILES string of the molecule is O=C(O)c1cccc(NC(=O)c2csc3c2CCCC3)c1. The van der Waals surface area contributed by atoms with E-state index in [-0.39, 0.29) is 11.5 Å². The second kappa shape index (κ2) is 5.69. The van der Waals surface area contributed by atoms with Crippen molar-refractivity contribution in [2.45, 2.75) is 25.7 Å². The predicted molar refractivity (Wildman–Crippen MR) is 82.3 cm³/mol. The maximum atomic E-state index is 12.4. The molecule has 1 aromatic carbocycles. The van der Waals surface area contributed by atoms with Crippen molar-refractivity contribution >= 4 is 28.9 Å². The number of hydrogen-bond donors (Lipinski definition) is 2. The second-order valence-electron chi connectivity index (χ2n) is 5.10. The first-order valence-corrected chi connectivity index (χ1v) is 7.77. The largest absolute Gasteiger partial charge is 0.478 e. The molecule has 0 bridgehead atoms. The topological polar surface area (TPSA) is 66.4 Å². The van der Waals surface area contributed by atoms with E-state index in [9.17, 15) is 9.59 Å². The van der Waals surface area contributed by atoms with Crippen molar-refractivity contribution in [3.05, 3.63) is 51.2 Å². The lowest BCUT2D eigenvalue weighted by Crippen LogP contribution is -2.14. The minimum Gasteiger partial charge on any atom is -0.478 e. The van der Waals surface area contributed by atoms with Gasteiger partial charge in [0.05, 0.1) is 11.1 Å². The molecular formula is C16H15NO3S. The number of amides is 1. The zero-order chi connectivity index (χ0) is 14.8. The van der Waals surface area contributed by atoms with Crippen LogP contribution >= 0.6 is 11.3 Å². The Bertz CT molecular complexity index is 705. The van der Waals surface area contributed by atoms with Gasteiger partial charge in [0.2, 0.25) is 0 Å². The molecule has 5 heteroatoms. The normalized spacial score (nSPS) is 13.5. The third-order valence-corrected chi connectivity index (χ3v) is 4.76. The summed E-state index contributed by atoms with van der Waals surface area (Å²) >= 11 is 1.64. The van der Waals surface area contributed by atoms with E-state index < -0.39 is 5.97 Å². The van der Waals surface area contributed by atoms with Gasteiger partial charge in [0.25, 0.3) is 5.91 Å². The predicted octanol–water partition coefficient (Wildman–Crippen LogP) is 3.58. The molecule has 0 fully saturated rings. The van der Waals surface area contributed by atoms with Crippen molar-refractivity contribution in [1.82, 2.24) is 0 Å². The highest BCUT2D eigenvalue weighted by Crippen LogP contribution is 2.30. The van der Waals surface area contributed by atoms with Crippen LogP contribution in [0.3, 0.4) is 0 Å². The lowest BCUT2D eigenvalue weighted by molar-refractivity contribution is 0.0696.